The number of nitrogens with zero attached hydrogens (tertiary/aromatic N) is 3. The van der Waals surface area contributed by atoms with Crippen LogP contribution in [0, 0.1) is 0 Å². The minimum absolute atomic E-state index is 0.272. The highest BCUT2D eigenvalue weighted by Crippen LogP contribution is 2.37. The zero-order valence-corrected chi connectivity index (χ0v) is 17.4. The lowest BCUT2D eigenvalue weighted by Crippen LogP contribution is -2.32. The van der Waals surface area contributed by atoms with Crippen molar-refractivity contribution in [1.82, 2.24) is 13.9 Å². The molecule has 5 nitrogen and oxygen atoms in total. The Balaban J connectivity index is 1.61. The Morgan fingerprint density at radius 1 is 0.867 bits per heavy atom. The van der Waals surface area contributed by atoms with Gasteiger partial charge in [-0.05, 0) is 42.7 Å². The number of sulfonamides is 1. The Hall–Kier alpha value is -2.96. The van der Waals surface area contributed by atoms with Crippen LogP contribution in [0.4, 0.5) is 0 Å². The molecule has 152 valence electrons. The van der Waals surface area contributed by atoms with Crippen molar-refractivity contribution in [1.29, 1.82) is 0 Å². The number of aromatic nitrogens is 2. The first-order chi connectivity index (χ1) is 14.6. The van der Waals surface area contributed by atoms with E-state index in [0.717, 1.165) is 35.3 Å². The molecule has 0 radical (unpaired) electrons. The Morgan fingerprint density at radius 2 is 1.53 bits per heavy atom. The molecule has 0 amide bonds. The van der Waals surface area contributed by atoms with Crippen LogP contribution in [0.1, 0.15) is 30.3 Å². The molecular weight excluding hydrogens is 394 g/mol. The topological polar surface area (TPSA) is 55.2 Å². The van der Waals surface area contributed by atoms with Gasteiger partial charge in [-0.1, -0.05) is 60.7 Å². The van der Waals surface area contributed by atoms with E-state index in [9.17, 15) is 8.42 Å². The van der Waals surface area contributed by atoms with Gasteiger partial charge in [0.15, 0.2) is 0 Å². The number of para-hydroxylation sites is 2. The van der Waals surface area contributed by atoms with Crippen LogP contribution in [0.2, 0.25) is 0 Å². The SMILES string of the molecule is O=S(=O)(c1ccccc1)N1CCC[C@@H]1c1nc2ccccc2n1Cc1ccccc1. The molecule has 1 aliphatic heterocycles. The second-order valence-corrected chi connectivity index (χ2v) is 9.51. The molecule has 2 heterocycles. The van der Waals surface area contributed by atoms with Crippen molar-refractivity contribution in [3.8, 4) is 0 Å². The number of benzene rings is 3. The highest BCUT2D eigenvalue weighted by molar-refractivity contribution is 7.89. The van der Waals surface area contributed by atoms with Gasteiger partial charge in [0.2, 0.25) is 10.0 Å². The molecule has 1 aliphatic rings. The van der Waals surface area contributed by atoms with Crippen LogP contribution in [0.15, 0.2) is 89.8 Å². The van der Waals surface area contributed by atoms with Crippen LogP contribution >= 0.6 is 0 Å². The lowest BCUT2D eigenvalue weighted by Gasteiger charge is -2.24. The summed E-state index contributed by atoms with van der Waals surface area (Å²) in [5.41, 5.74) is 3.09. The summed E-state index contributed by atoms with van der Waals surface area (Å²) in [5.74, 6) is 0.817. The van der Waals surface area contributed by atoms with E-state index in [-0.39, 0.29) is 6.04 Å². The summed E-state index contributed by atoms with van der Waals surface area (Å²) in [4.78, 5) is 5.24. The molecule has 0 unspecified atom stereocenters. The number of rotatable bonds is 5. The van der Waals surface area contributed by atoms with Gasteiger partial charge in [-0.3, -0.25) is 0 Å². The van der Waals surface area contributed by atoms with Crippen LogP contribution in [0.25, 0.3) is 11.0 Å². The van der Waals surface area contributed by atoms with Crippen molar-refractivity contribution in [2.24, 2.45) is 0 Å². The number of fused-ring (bicyclic) bond motifs is 1. The van der Waals surface area contributed by atoms with Gasteiger partial charge in [0, 0.05) is 13.1 Å². The highest BCUT2D eigenvalue weighted by Gasteiger charge is 2.38. The quantitative estimate of drug-likeness (QED) is 0.476. The summed E-state index contributed by atoms with van der Waals surface area (Å²) >= 11 is 0. The molecule has 1 saturated heterocycles. The molecule has 0 saturated carbocycles. The maximum Gasteiger partial charge on any atom is 0.243 e. The zero-order chi connectivity index (χ0) is 20.6. The average molecular weight is 418 g/mol. The third kappa shape index (κ3) is 3.32. The molecule has 0 N–H and O–H groups in total. The lowest BCUT2D eigenvalue weighted by atomic mass is 10.2. The van der Waals surface area contributed by atoms with Crippen molar-refractivity contribution in [2.45, 2.75) is 30.3 Å². The van der Waals surface area contributed by atoms with Crippen molar-refractivity contribution in [3.05, 3.63) is 96.3 Å². The van der Waals surface area contributed by atoms with E-state index in [1.807, 2.05) is 42.5 Å². The molecule has 1 aromatic heterocycles. The molecule has 1 fully saturated rings. The number of hydrogen-bond donors (Lipinski definition) is 0. The second-order valence-electron chi connectivity index (χ2n) is 7.62. The molecule has 0 spiro atoms. The van der Waals surface area contributed by atoms with Crippen molar-refractivity contribution in [3.63, 3.8) is 0 Å². The summed E-state index contributed by atoms with van der Waals surface area (Å²) in [6.07, 6.45) is 1.59. The van der Waals surface area contributed by atoms with Crippen LogP contribution in [-0.4, -0.2) is 28.8 Å². The van der Waals surface area contributed by atoms with Gasteiger partial charge in [0.1, 0.15) is 5.82 Å². The predicted molar refractivity (Wildman–Crippen MR) is 118 cm³/mol. The van der Waals surface area contributed by atoms with Crippen LogP contribution < -0.4 is 0 Å². The van der Waals surface area contributed by atoms with Crippen LogP contribution in [0.3, 0.4) is 0 Å². The van der Waals surface area contributed by atoms with Gasteiger partial charge in [0.05, 0.1) is 22.0 Å². The van der Waals surface area contributed by atoms with Crippen LogP contribution in [-0.2, 0) is 16.6 Å². The minimum Gasteiger partial charge on any atom is -0.322 e. The van der Waals surface area contributed by atoms with Gasteiger partial charge in [-0.25, -0.2) is 13.4 Å². The Kier molecular flexibility index (Phi) is 4.89. The monoisotopic (exact) mass is 417 g/mol. The van der Waals surface area contributed by atoms with E-state index in [0.29, 0.717) is 18.0 Å². The predicted octanol–water partition coefficient (Wildman–Crippen LogP) is 4.61. The molecule has 1 atom stereocenters. The van der Waals surface area contributed by atoms with E-state index in [2.05, 4.69) is 22.8 Å². The van der Waals surface area contributed by atoms with E-state index < -0.39 is 10.0 Å². The van der Waals surface area contributed by atoms with E-state index in [4.69, 9.17) is 4.98 Å². The van der Waals surface area contributed by atoms with E-state index >= 15 is 0 Å². The van der Waals surface area contributed by atoms with Crippen molar-refractivity contribution in [2.75, 3.05) is 6.54 Å². The Bertz CT molecular complexity index is 1270. The zero-order valence-electron chi connectivity index (χ0n) is 16.6. The summed E-state index contributed by atoms with van der Waals surface area (Å²) in [7, 11) is -3.58. The van der Waals surface area contributed by atoms with E-state index in [1.165, 1.54) is 0 Å². The molecule has 30 heavy (non-hydrogen) atoms. The molecule has 0 bridgehead atoms. The fourth-order valence-electron chi connectivity index (χ4n) is 4.29. The first-order valence-electron chi connectivity index (χ1n) is 10.2. The van der Waals surface area contributed by atoms with Gasteiger partial charge in [-0.15, -0.1) is 0 Å². The van der Waals surface area contributed by atoms with Gasteiger partial charge in [-0.2, -0.15) is 4.31 Å². The third-order valence-electron chi connectivity index (χ3n) is 5.72. The summed E-state index contributed by atoms with van der Waals surface area (Å²) in [6.45, 7) is 1.17. The molecule has 5 rings (SSSR count). The standard InChI is InChI=1S/C24H23N3O2S/c28-30(29,20-12-5-2-6-13-20)27-17-9-16-23(27)24-25-21-14-7-8-15-22(21)26(24)18-19-10-3-1-4-11-19/h1-8,10-15,23H,9,16-18H2/t23-/m1/s1. The Labute approximate surface area is 176 Å². The van der Waals surface area contributed by atoms with Gasteiger partial charge < -0.3 is 4.57 Å². The maximum atomic E-state index is 13.4. The highest BCUT2D eigenvalue weighted by atomic mass is 32.2. The first-order valence-corrected chi connectivity index (χ1v) is 11.6. The molecular formula is C24H23N3O2S. The third-order valence-corrected chi connectivity index (χ3v) is 7.64. The van der Waals surface area contributed by atoms with Gasteiger partial charge >= 0.3 is 0 Å². The lowest BCUT2D eigenvalue weighted by molar-refractivity contribution is 0.376. The fraction of sp³-hybridized carbons (Fsp3) is 0.208. The molecule has 6 heteroatoms. The molecule has 3 aromatic carbocycles. The second kappa shape index (κ2) is 7.70. The van der Waals surface area contributed by atoms with Gasteiger partial charge in [0.25, 0.3) is 0 Å². The van der Waals surface area contributed by atoms with E-state index in [1.54, 1.807) is 28.6 Å². The summed E-state index contributed by atoms with van der Waals surface area (Å²) in [6, 6.07) is 26.7. The average Bonchev–Trinajstić information content (AvgIpc) is 3.41. The van der Waals surface area contributed by atoms with Crippen molar-refractivity contribution >= 4 is 21.1 Å². The van der Waals surface area contributed by atoms with Crippen molar-refractivity contribution < 1.29 is 8.42 Å². The molecule has 4 aromatic rings. The normalized spacial score (nSPS) is 17.5. The Morgan fingerprint density at radius 3 is 2.30 bits per heavy atom. The smallest absolute Gasteiger partial charge is 0.243 e. The van der Waals surface area contributed by atoms with Crippen LogP contribution in [0.5, 0.6) is 0 Å². The maximum absolute atomic E-state index is 13.4. The molecule has 0 aliphatic carbocycles. The fourth-order valence-corrected chi connectivity index (χ4v) is 5.97. The number of hydrogen-bond acceptors (Lipinski definition) is 3. The largest absolute Gasteiger partial charge is 0.322 e. The summed E-state index contributed by atoms with van der Waals surface area (Å²) < 4.78 is 30.6. The number of imidazole rings is 1. The summed E-state index contributed by atoms with van der Waals surface area (Å²) in [5, 5.41) is 0. The first kappa shape index (κ1) is 19.0. The minimum atomic E-state index is -3.58.